The van der Waals surface area contributed by atoms with Crippen LogP contribution in [0.2, 0.25) is 0 Å². The first-order chi connectivity index (χ1) is 2.77. The number of amides is 1. The highest BCUT2D eigenvalue weighted by Gasteiger charge is 1.79. The molecule has 0 aliphatic carbocycles. The molecule has 0 unspecified atom stereocenters. The average Bonchev–Trinajstić information content (AvgIpc) is 1.35. The fraction of sp³-hybridized carbons (Fsp3) is 0.500. The molecular formula is C4H8NO. The van der Waals surface area contributed by atoms with Crippen LogP contribution in [0.25, 0.3) is 0 Å². The molecule has 2 nitrogen and oxygen atoms in total. The van der Waals surface area contributed by atoms with Crippen molar-refractivity contribution in [2.24, 2.45) is 0 Å². The van der Waals surface area contributed by atoms with Gasteiger partial charge in [-0.3, -0.25) is 4.79 Å². The van der Waals surface area contributed by atoms with Crippen molar-refractivity contribution in [3.63, 3.8) is 0 Å². The maximum absolute atomic E-state index is 9.89. The molecule has 1 radical (unpaired) electrons. The van der Waals surface area contributed by atoms with Crippen LogP contribution in [0.5, 0.6) is 0 Å². The number of rotatable bonds is 1. The van der Waals surface area contributed by atoms with E-state index in [1.807, 2.05) is 0 Å². The van der Waals surface area contributed by atoms with Gasteiger partial charge in [-0.1, -0.05) is 0 Å². The molecule has 0 bridgehead atoms. The van der Waals surface area contributed by atoms with Crippen molar-refractivity contribution in [2.45, 2.75) is 6.92 Å². The first-order valence-corrected chi connectivity index (χ1v) is 1.81. The molecule has 0 heterocycles. The normalized spacial score (nSPS) is 7.67. The lowest BCUT2D eigenvalue weighted by Gasteiger charge is -1.88. The Bertz CT molecular complexity index is 51.5. The Hall–Kier alpha value is -0.530. The molecule has 0 aromatic carbocycles. The van der Waals surface area contributed by atoms with E-state index >= 15 is 0 Å². The van der Waals surface area contributed by atoms with Crippen molar-refractivity contribution in [1.29, 1.82) is 0 Å². The van der Waals surface area contributed by atoms with E-state index in [1.165, 1.54) is 6.92 Å². The molecule has 0 atom stereocenters. The van der Waals surface area contributed by atoms with Gasteiger partial charge in [-0.25, -0.2) is 0 Å². The highest BCUT2D eigenvalue weighted by atomic mass is 16.1. The van der Waals surface area contributed by atoms with Gasteiger partial charge in [0, 0.05) is 13.5 Å². The van der Waals surface area contributed by atoms with E-state index in [0.29, 0.717) is 6.54 Å². The molecule has 0 aromatic rings. The van der Waals surface area contributed by atoms with Crippen LogP contribution < -0.4 is 5.32 Å². The van der Waals surface area contributed by atoms with Gasteiger partial charge in [-0.15, -0.1) is 0 Å². The summed E-state index contributed by atoms with van der Waals surface area (Å²) in [4.78, 5) is 9.89. The summed E-state index contributed by atoms with van der Waals surface area (Å²) in [6, 6.07) is 0. The Morgan fingerprint density at radius 3 is 2.50 bits per heavy atom. The first kappa shape index (κ1) is 5.47. The Labute approximate surface area is 37.5 Å². The van der Waals surface area contributed by atoms with Crippen molar-refractivity contribution in [3.05, 3.63) is 6.92 Å². The van der Waals surface area contributed by atoms with Gasteiger partial charge in [0.2, 0.25) is 5.91 Å². The van der Waals surface area contributed by atoms with Crippen molar-refractivity contribution in [2.75, 3.05) is 6.54 Å². The lowest BCUT2D eigenvalue weighted by Crippen LogP contribution is -2.18. The molecular weight excluding hydrogens is 78.0 g/mol. The van der Waals surface area contributed by atoms with E-state index < -0.39 is 0 Å². The number of carbonyl (C=O) groups is 1. The molecule has 1 N–H and O–H groups in total. The fourth-order valence-electron chi connectivity index (χ4n) is 0.176. The molecule has 6 heavy (non-hydrogen) atoms. The van der Waals surface area contributed by atoms with Crippen molar-refractivity contribution in [1.82, 2.24) is 5.32 Å². The van der Waals surface area contributed by atoms with Crippen molar-refractivity contribution in [3.8, 4) is 0 Å². The van der Waals surface area contributed by atoms with Crippen LogP contribution in [0, 0.1) is 6.92 Å². The molecule has 0 aromatic heterocycles. The highest BCUT2D eigenvalue weighted by Crippen LogP contribution is 1.53. The quantitative estimate of drug-likeness (QED) is 0.476. The van der Waals surface area contributed by atoms with E-state index in [9.17, 15) is 4.79 Å². The van der Waals surface area contributed by atoms with Crippen LogP contribution in [-0.2, 0) is 4.79 Å². The number of carbonyl (C=O) groups excluding carboxylic acids is 1. The molecule has 0 saturated heterocycles. The zero-order valence-electron chi connectivity index (χ0n) is 3.82. The number of hydrogen-bond donors (Lipinski definition) is 1. The minimum atomic E-state index is -0.0231. The number of hydrogen-bond acceptors (Lipinski definition) is 1. The molecule has 0 aliphatic heterocycles. The lowest BCUT2D eigenvalue weighted by atomic mass is 10.6. The van der Waals surface area contributed by atoms with Gasteiger partial charge >= 0.3 is 0 Å². The van der Waals surface area contributed by atoms with E-state index in [4.69, 9.17) is 0 Å². The van der Waals surface area contributed by atoms with E-state index in [2.05, 4.69) is 12.2 Å². The zero-order chi connectivity index (χ0) is 4.99. The van der Waals surface area contributed by atoms with Crippen LogP contribution in [-0.4, -0.2) is 12.5 Å². The van der Waals surface area contributed by atoms with Gasteiger partial charge in [-0.05, 0) is 6.92 Å². The van der Waals surface area contributed by atoms with Crippen LogP contribution in [0.15, 0.2) is 0 Å². The van der Waals surface area contributed by atoms with E-state index in [0.717, 1.165) is 0 Å². The Morgan fingerprint density at radius 1 is 2.00 bits per heavy atom. The molecule has 0 fully saturated rings. The second-order valence-electron chi connectivity index (χ2n) is 0.983. The molecule has 0 aliphatic rings. The molecule has 35 valence electrons. The van der Waals surface area contributed by atoms with Gasteiger partial charge in [0.05, 0.1) is 0 Å². The summed E-state index contributed by atoms with van der Waals surface area (Å²) in [7, 11) is 0. The maximum Gasteiger partial charge on any atom is 0.216 e. The van der Waals surface area contributed by atoms with E-state index in [1.54, 1.807) is 0 Å². The standard InChI is InChI=1S/C4H8NO/c1-3-5-4(2)6/h1,3H2,2H3,(H,5,6). The van der Waals surface area contributed by atoms with Crippen LogP contribution >= 0.6 is 0 Å². The third kappa shape index (κ3) is 3.47. The maximum atomic E-state index is 9.89. The van der Waals surface area contributed by atoms with Gasteiger partial charge in [0.25, 0.3) is 0 Å². The Morgan fingerprint density at radius 2 is 2.50 bits per heavy atom. The number of nitrogens with one attached hydrogen (secondary N) is 1. The van der Waals surface area contributed by atoms with E-state index in [-0.39, 0.29) is 5.91 Å². The summed E-state index contributed by atoms with van der Waals surface area (Å²) < 4.78 is 0. The second-order valence-corrected chi connectivity index (χ2v) is 0.983. The lowest BCUT2D eigenvalue weighted by molar-refractivity contribution is -0.118. The second kappa shape index (κ2) is 2.69. The Balaban J connectivity index is 2.83. The first-order valence-electron chi connectivity index (χ1n) is 1.81. The largest absolute Gasteiger partial charge is 0.356 e. The van der Waals surface area contributed by atoms with Crippen LogP contribution in [0.1, 0.15) is 6.92 Å². The predicted octanol–water partition coefficient (Wildman–Crippen LogP) is -0.0434. The molecule has 0 saturated carbocycles. The minimum Gasteiger partial charge on any atom is -0.356 e. The summed E-state index contributed by atoms with van der Waals surface area (Å²) in [6.45, 7) is 5.34. The summed E-state index contributed by atoms with van der Waals surface area (Å²) in [5, 5.41) is 2.46. The summed E-state index contributed by atoms with van der Waals surface area (Å²) >= 11 is 0. The molecule has 2 heteroatoms. The SMILES string of the molecule is [CH2]CNC(C)=O. The fourth-order valence-corrected chi connectivity index (χ4v) is 0.176. The summed E-state index contributed by atoms with van der Waals surface area (Å²) in [5.41, 5.74) is 0. The summed E-state index contributed by atoms with van der Waals surface area (Å²) in [5.74, 6) is -0.0231. The predicted molar refractivity (Wildman–Crippen MR) is 24.0 cm³/mol. The van der Waals surface area contributed by atoms with Crippen LogP contribution in [0.3, 0.4) is 0 Å². The molecule has 1 amide bonds. The zero-order valence-corrected chi connectivity index (χ0v) is 3.82. The molecule has 0 spiro atoms. The van der Waals surface area contributed by atoms with Gasteiger partial charge in [0.15, 0.2) is 0 Å². The summed E-state index contributed by atoms with van der Waals surface area (Å²) in [6.07, 6.45) is 0. The topological polar surface area (TPSA) is 29.1 Å². The Kier molecular flexibility index (Phi) is 2.46. The third-order valence-corrected chi connectivity index (χ3v) is 0.374. The van der Waals surface area contributed by atoms with Crippen molar-refractivity contribution < 1.29 is 4.79 Å². The minimum absolute atomic E-state index is 0.0231. The smallest absolute Gasteiger partial charge is 0.216 e. The molecule has 0 rings (SSSR count). The van der Waals surface area contributed by atoms with Gasteiger partial charge < -0.3 is 5.32 Å². The highest BCUT2D eigenvalue weighted by molar-refractivity contribution is 5.72. The van der Waals surface area contributed by atoms with Crippen molar-refractivity contribution >= 4 is 5.91 Å². The average molecular weight is 86.1 g/mol. The van der Waals surface area contributed by atoms with Gasteiger partial charge in [-0.2, -0.15) is 0 Å². The van der Waals surface area contributed by atoms with Gasteiger partial charge in [0.1, 0.15) is 0 Å². The monoisotopic (exact) mass is 86.1 g/mol. The van der Waals surface area contributed by atoms with Crippen LogP contribution in [0.4, 0.5) is 0 Å². The third-order valence-electron chi connectivity index (χ3n) is 0.374.